The van der Waals surface area contributed by atoms with Gasteiger partial charge in [0.2, 0.25) is 5.91 Å². The number of alkyl halides is 1. The zero-order chi connectivity index (χ0) is 15.2. The first-order chi connectivity index (χ1) is 10.1. The third-order valence-electron chi connectivity index (χ3n) is 3.61. The molecule has 114 valence electrons. The number of nitrogens with zero attached hydrogens (tertiary/aromatic N) is 1. The predicted octanol–water partition coefficient (Wildman–Crippen LogP) is 2.80. The predicted molar refractivity (Wildman–Crippen MR) is 86.5 cm³/mol. The van der Waals surface area contributed by atoms with Gasteiger partial charge < -0.3 is 10.2 Å². The monoisotopic (exact) mass is 372 g/mol. The number of carbonyl (C=O) groups excluding carboxylic acids is 2. The van der Waals surface area contributed by atoms with Crippen molar-refractivity contribution in [3.8, 4) is 0 Å². The lowest BCUT2D eigenvalue weighted by molar-refractivity contribution is -0.131. The van der Waals surface area contributed by atoms with E-state index in [9.17, 15) is 9.59 Å². The van der Waals surface area contributed by atoms with Gasteiger partial charge in [-0.05, 0) is 40.9 Å². The SMILES string of the molecule is O=C(NC1CCN(C(=O)CCCl)CC1)c1ccccc1Br. The molecule has 0 bridgehead atoms. The molecule has 0 aromatic heterocycles. The Morgan fingerprint density at radius 3 is 2.57 bits per heavy atom. The smallest absolute Gasteiger partial charge is 0.252 e. The van der Waals surface area contributed by atoms with E-state index in [0.29, 0.717) is 31.0 Å². The van der Waals surface area contributed by atoms with E-state index in [1.54, 1.807) is 6.07 Å². The summed E-state index contributed by atoms with van der Waals surface area (Å²) in [4.78, 5) is 25.8. The summed E-state index contributed by atoms with van der Waals surface area (Å²) in [5.74, 6) is 0.381. The molecule has 1 aliphatic rings. The molecule has 6 heteroatoms. The van der Waals surface area contributed by atoms with Crippen LogP contribution >= 0.6 is 27.5 Å². The Morgan fingerprint density at radius 1 is 1.29 bits per heavy atom. The molecule has 2 rings (SSSR count). The zero-order valence-corrected chi connectivity index (χ0v) is 14.0. The van der Waals surface area contributed by atoms with Crippen molar-refractivity contribution in [3.63, 3.8) is 0 Å². The number of nitrogens with one attached hydrogen (secondary N) is 1. The van der Waals surface area contributed by atoms with E-state index in [0.717, 1.165) is 17.3 Å². The molecule has 0 unspecified atom stereocenters. The molecule has 1 saturated heterocycles. The lowest BCUT2D eigenvalue weighted by atomic mass is 10.0. The van der Waals surface area contributed by atoms with E-state index in [2.05, 4.69) is 21.2 Å². The highest BCUT2D eigenvalue weighted by atomic mass is 79.9. The van der Waals surface area contributed by atoms with E-state index in [1.165, 1.54) is 0 Å². The van der Waals surface area contributed by atoms with Gasteiger partial charge in [0.1, 0.15) is 0 Å². The highest BCUT2D eigenvalue weighted by Gasteiger charge is 2.24. The summed E-state index contributed by atoms with van der Waals surface area (Å²) in [6, 6.07) is 7.47. The van der Waals surface area contributed by atoms with Gasteiger partial charge in [0.05, 0.1) is 5.56 Å². The van der Waals surface area contributed by atoms with Crippen LogP contribution in [0.15, 0.2) is 28.7 Å². The molecule has 1 aromatic carbocycles. The van der Waals surface area contributed by atoms with Crippen LogP contribution in [0.25, 0.3) is 0 Å². The minimum absolute atomic E-state index is 0.0759. The molecular weight excluding hydrogens is 356 g/mol. The van der Waals surface area contributed by atoms with Crippen LogP contribution < -0.4 is 5.32 Å². The zero-order valence-electron chi connectivity index (χ0n) is 11.6. The van der Waals surface area contributed by atoms with Gasteiger partial charge in [0.15, 0.2) is 0 Å². The van der Waals surface area contributed by atoms with Crippen molar-refractivity contribution in [1.82, 2.24) is 10.2 Å². The van der Waals surface area contributed by atoms with Crippen LogP contribution in [-0.4, -0.2) is 41.7 Å². The highest BCUT2D eigenvalue weighted by molar-refractivity contribution is 9.10. The molecule has 0 spiro atoms. The number of amides is 2. The summed E-state index contributed by atoms with van der Waals surface area (Å²) in [6.45, 7) is 1.35. The number of benzene rings is 1. The summed E-state index contributed by atoms with van der Waals surface area (Å²) in [5.41, 5.74) is 0.637. The van der Waals surface area contributed by atoms with Crippen LogP contribution in [0.4, 0.5) is 0 Å². The third-order valence-corrected chi connectivity index (χ3v) is 4.49. The van der Waals surface area contributed by atoms with Gasteiger partial charge in [0, 0.05) is 35.9 Å². The Morgan fingerprint density at radius 2 is 1.95 bits per heavy atom. The van der Waals surface area contributed by atoms with Gasteiger partial charge in [-0.2, -0.15) is 0 Å². The molecule has 1 fully saturated rings. The summed E-state index contributed by atoms with van der Waals surface area (Å²) in [5, 5.41) is 3.03. The highest BCUT2D eigenvalue weighted by Crippen LogP contribution is 2.17. The molecule has 21 heavy (non-hydrogen) atoms. The van der Waals surface area contributed by atoms with Crippen LogP contribution in [0.2, 0.25) is 0 Å². The minimum atomic E-state index is -0.0759. The fraction of sp³-hybridized carbons (Fsp3) is 0.467. The van der Waals surface area contributed by atoms with Gasteiger partial charge in [-0.15, -0.1) is 11.6 Å². The summed E-state index contributed by atoms with van der Waals surface area (Å²) >= 11 is 8.97. The summed E-state index contributed by atoms with van der Waals surface area (Å²) in [6.07, 6.45) is 1.95. The van der Waals surface area contributed by atoms with Crippen LogP contribution in [0, 0.1) is 0 Å². The van der Waals surface area contributed by atoms with Crippen LogP contribution in [0.5, 0.6) is 0 Å². The first-order valence-corrected chi connectivity index (χ1v) is 8.33. The quantitative estimate of drug-likeness (QED) is 0.825. The third kappa shape index (κ3) is 4.45. The molecule has 0 atom stereocenters. The fourth-order valence-corrected chi connectivity index (χ4v) is 3.05. The van der Waals surface area contributed by atoms with E-state index in [1.807, 2.05) is 23.1 Å². The normalized spacial score (nSPS) is 15.8. The Hall–Kier alpha value is -1.07. The minimum Gasteiger partial charge on any atom is -0.349 e. The number of likely N-dealkylation sites (tertiary alicyclic amines) is 1. The van der Waals surface area contributed by atoms with Gasteiger partial charge >= 0.3 is 0 Å². The number of rotatable bonds is 4. The molecule has 0 radical (unpaired) electrons. The van der Waals surface area contributed by atoms with Crippen molar-refractivity contribution in [1.29, 1.82) is 0 Å². The second kappa shape index (κ2) is 7.80. The second-order valence-corrected chi connectivity index (χ2v) is 6.28. The first kappa shape index (κ1) is 16.3. The average Bonchev–Trinajstić information content (AvgIpc) is 2.48. The number of hydrogen-bond donors (Lipinski definition) is 1. The lowest BCUT2D eigenvalue weighted by Gasteiger charge is -2.32. The van der Waals surface area contributed by atoms with Crippen molar-refractivity contribution in [2.45, 2.75) is 25.3 Å². The van der Waals surface area contributed by atoms with Crippen molar-refractivity contribution in [3.05, 3.63) is 34.3 Å². The van der Waals surface area contributed by atoms with Gasteiger partial charge in [-0.25, -0.2) is 0 Å². The van der Waals surface area contributed by atoms with Gasteiger partial charge in [-0.1, -0.05) is 12.1 Å². The molecule has 2 amide bonds. The average molecular weight is 374 g/mol. The molecule has 1 N–H and O–H groups in total. The maximum absolute atomic E-state index is 12.2. The topological polar surface area (TPSA) is 49.4 Å². The standard InChI is InChI=1S/C15H18BrClN2O2/c16-13-4-2-1-3-12(13)15(21)18-11-6-9-19(10-7-11)14(20)5-8-17/h1-4,11H,5-10H2,(H,18,21). The molecule has 4 nitrogen and oxygen atoms in total. The van der Waals surface area contributed by atoms with Gasteiger partial charge in [0.25, 0.3) is 5.91 Å². The van der Waals surface area contributed by atoms with Crippen molar-refractivity contribution < 1.29 is 9.59 Å². The number of carbonyl (C=O) groups is 2. The summed E-state index contributed by atoms with van der Waals surface area (Å²) < 4.78 is 0.789. The largest absolute Gasteiger partial charge is 0.349 e. The van der Waals surface area contributed by atoms with Crippen molar-refractivity contribution in [2.24, 2.45) is 0 Å². The Bertz CT molecular complexity index is 516. The van der Waals surface area contributed by atoms with Crippen LogP contribution in [-0.2, 0) is 4.79 Å². The maximum Gasteiger partial charge on any atom is 0.252 e. The van der Waals surface area contributed by atoms with Gasteiger partial charge in [-0.3, -0.25) is 9.59 Å². The van der Waals surface area contributed by atoms with E-state index in [-0.39, 0.29) is 17.9 Å². The maximum atomic E-state index is 12.2. The van der Waals surface area contributed by atoms with Crippen molar-refractivity contribution >= 4 is 39.3 Å². The number of hydrogen-bond acceptors (Lipinski definition) is 2. The van der Waals surface area contributed by atoms with E-state index in [4.69, 9.17) is 11.6 Å². The number of halogens is 2. The van der Waals surface area contributed by atoms with E-state index < -0.39 is 0 Å². The van der Waals surface area contributed by atoms with Crippen LogP contribution in [0.3, 0.4) is 0 Å². The van der Waals surface area contributed by atoms with Crippen LogP contribution in [0.1, 0.15) is 29.6 Å². The first-order valence-electron chi connectivity index (χ1n) is 7.01. The van der Waals surface area contributed by atoms with E-state index >= 15 is 0 Å². The second-order valence-electron chi connectivity index (χ2n) is 5.05. The molecule has 1 heterocycles. The Kier molecular flexibility index (Phi) is 6.06. The Balaban J connectivity index is 1.85. The fourth-order valence-electron chi connectivity index (χ4n) is 2.42. The molecule has 1 aliphatic heterocycles. The lowest BCUT2D eigenvalue weighted by Crippen LogP contribution is -2.46. The Labute approximate surface area is 138 Å². The molecule has 0 saturated carbocycles. The molecule has 1 aromatic rings. The molecule has 0 aliphatic carbocycles. The summed E-state index contributed by atoms with van der Waals surface area (Å²) in [7, 11) is 0. The number of piperidine rings is 1. The molecular formula is C15H18BrClN2O2. The van der Waals surface area contributed by atoms with Crippen molar-refractivity contribution in [2.75, 3.05) is 19.0 Å².